The Labute approximate surface area is 223 Å². The van der Waals surface area contributed by atoms with Gasteiger partial charge in [-0.15, -0.1) is 0 Å². The van der Waals surface area contributed by atoms with Crippen LogP contribution in [-0.4, -0.2) is 38.5 Å². The van der Waals surface area contributed by atoms with Crippen molar-refractivity contribution in [3.8, 4) is 11.3 Å². The molecule has 0 aliphatic carbocycles. The number of nitrogens with zero attached hydrogens (tertiary/aromatic N) is 2. The predicted octanol–water partition coefficient (Wildman–Crippen LogP) is 5.18. The van der Waals surface area contributed by atoms with E-state index in [9.17, 15) is 19.1 Å². The van der Waals surface area contributed by atoms with E-state index in [1.54, 1.807) is 30.5 Å². The number of furan rings is 1. The summed E-state index contributed by atoms with van der Waals surface area (Å²) in [6, 6.07) is 20.5. The van der Waals surface area contributed by atoms with E-state index in [-0.39, 0.29) is 36.3 Å². The molecular weight excluding hydrogens is 507 g/mol. The van der Waals surface area contributed by atoms with Gasteiger partial charge in [0.2, 0.25) is 5.91 Å². The smallest absolute Gasteiger partial charge is 0.335 e. The number of aromatic carboxylic acids is 1. The number of amides is 1. The van der Waals surface area contributed by atoms with Gasteiger partial charge in [-0.3, -0.25) is 9.78 Å². The number of halogens is 1. The average Bonchev–Trinajstić information content (AvgIpc) is 3.54. The van der Waals surface area contributed by atoms with E-state index in [4.69, 9.17) is 16.6 Å². The first-order chi connectivity index (χ1) is 18.4. The summed E-state index contributed by atoms with van der Waals surface area (Å²) in [5.41, 5.74) is 2.04. The van der Waals surface area contributed by atoms with Gasteiger partial charge in [-0.25, -0.2) is 9.18 Å². The number of pyridine rings is 1. The number of carbonyl (C=O) groups is 2. The molecule has 0 spiro atoms. The SMILES string of the molecule is O=C(CCN1C(=S)N[C@H](c2ccccn2)[C@@H]1c1ccc(-c2cccc(C(=O)O)c2)o1)Nc1ccc(F)cc1. The predicted molar refractivity (Wildman–Crippen MR) is 143 cm³/mol. The van der Waals surface area contributed by atoms with Crippen molar-refractivity contribution in [1.29, 1.82) is 0 Å². The van der Waals surface area contributed by atoms with Gasteiger partial charge in [-0.1, -0.05) is 18.2 Å². The third kappa shape index (κ3) is 5.40. The molecule has 0 unspecified atom stereocenters. The zero-order valence-electron chi connectivity index (χ0n) is 20.0. The normalized spacial score (nSPS) is 16.8. The highest BCUT2D eigenvalue weighted by Crippen LogP contribution is 2.40. The van der Waals surface area contributed by atoms with E-state index >= 15 is 0 Å². The van der Waals surface area contributed by atoms with Crippen LogP contribution in [0.3, 0.4) is 0 Å². The Morgan fingerprint density at radius 2 is 1.89 bits per heavy atom. The Balaban J connectivity index is 1.40. The zero-order chi connectivity index (χ0) is 26.6. The molecule has 0 saturated carbocycles. The monoisotopic (exact) mass is 530 g/mol. The Hall–Kier alpha value is -4.57. The Bertz CT molecular complexity index is 1480. The summed E-state index contributed by atoms with van der Waals surface area (Å²) >= 11 is 5.64. The fraction of sp³-hybridized carbons (Fsp3) is 0.143. The van der Waals surface area contributed by atoms with Crippen LogP contribution >= 0.6 is 12.2 Å². The van der Waals surface area contributed by atoms with Crippen LogP contribution in [0.2, 0.25) is 0 Å². The molecule has 38 heavy (non-hydrogen) atoms. The number of carboxylic acid groups (broad SMARTS) is 1. The summed E-state index contributed by atoms with van der Waals surface area (Å²) in [6.07, 6.45) is 1.82. The maximum Gasteiger partial charge on any atom is 0.335 e. The van der Waals surface area contributed by atoms with Gasteiger partial charge in [0.1, 0.15) is 23.4 Å². The second-order valence-electron chi connectivity index (χ2n) is 8.71. The van der Waals surface area contributed by atoms with Gasteiger partial charge in [0, 0.05) is 30.4 Å². The molecule has 1 aliphatic heterocycles. The van der Waals surface area contributed by atoms with Crippen LogP contribution in [0.4, 0.5) is 10.1 Å². The van der Waals surface area contributed by atoms with Gasteiger partial charge in [-0.05, 0) is 72.9 Å². The second kappa shape index (κ2) is 10.8. The third-order valence-electron chi connectivity index (χ3n) is 6.22. The molecule has 192 valence electrons. The molecule has 2 atom stereocenters. The summed E-state index contributed by atoms with van der Waals surface area (Å²) < 4.78 is 19.4. The van der Waals surface area contributed by atoms with Gasteiger partial charge >= 0.3 is 5.97 Å². The lowest BCUT2D eigenvalue weighted by molar-refractivity contribution is -0.116. The number of carboxylic acids is 1. The molecule has 1 fully saturated rings. The summed E-state index contributed by atoms with van der Waals surface area (Å²) in [5, 5.41) is 15.9. The van der Waals surface area contributed by atoms with E-state index in [1.807, 2.05) is 29.2 Å². The largest absolute Gasteiger partial charge is 0.478 e. The number of rotatable bonds is 8. The van der Waals surface area contributed by atoms with E-state index in [2.05, 4.69) is 15.6 Å². The van der Waals surface area contributed by atoms with Crippen LogP contribution in [0.1, 0.15) is 40.3 Å². The van der Waals surface area contributed by atoms with Crippen molar-refractivity contribution in [1.82, 2.24) is 15.2 Å². The maximum absolute atomic E-state index is 13.2. The lowest BCUT2D eigenvalue weighted by atomic mass is 10.0. The van der Waals surface area contributed by atoms with E-state index < -0.39 is 12.0 Å². The number of aromatic nitrogens is 1. The highest BCUT2D eigenvalue weighted by atomic mass is 32.1. The first kappa shape index (κ1) is 25.1. The topological polar surface area (TPSA) is 108 Å². The lowest BCUT2D eigenvalue weighted by Crippen LogP contribution is -2.32. The number of carbonyl (C=O) groups excluding carboxylic acids is 1. The van der Waals surface area contributed by atoms with E-state index in [0.29, 0.717) is 27.9 Å². The molecule has 1 aliphatic rings. The van der Waals surface area contributed by atoms with Crippen LogP contribution < -0.4 is 10.6 Å². The van der Waals surface area contributed by atoms with Gasteiger partial charge in [0.15, 0.2) is 5.11 Å². The second-order valence-corrected chi connectivity index (χ2v) is 9.10. The first-order valence-electron chi connectivity index (χ1n) is 11.9. The van der Waals surface area contributed by atoms with Gasteiger partial charge in [0.25, 0.3) is 0 Å². The molecule has 0 radical (unpaired) electrons. The molecule has 0 bridgehead atoms. The summed E-state index contributed by atoms with van der Waals surface area (Å²) in [5.74, 6) is -0.556. The summed E-state index contributed by atoms with van der Waals surface area (Å²) in [6.45, 7) is 0.289. The van der Waals surface area contributed by atoms with E-state index in [1.165, 1.54) is 30.3 Å². The Morgan fingerprint density at radius 1 is 1.08 bits per heavy atom. The Morgan fingerprint density at radius 3 is 2.63 bits per heavy atom. The van der Waals surface area contributed by atoms with Crippen molar-refractivity contribution in [2.45, 2.75) is 18.5 Å². The van der Waals surface area contributed by atoms with Crippen molar-refractivity contribution in [2.24, 2.45) is 0 Å². The number of hydrogen-bond donors (Lipinski definition) is 3. The van der Waals surface area contributed by atoms with Crippen molar-refractivity contribution in [2.75, 3.05) is 11.9 Å². The molecule has 4 aromatic rings. The minimum atomic E-state index is -1.02. The third-order valence-corrected chi connectivity index (χ3v) is 6.57. The molecule has 10 heteroatoms. The fourth-order valence-electron chi connectivity index (χ4n) is 4.41. The zero-order valence-corrected chi connectivity index (χ0v) is 20.8. The summed E-state index contributed by atoms with van der Waals surface area (Å²) in [4.78, 5) is 30.4. The maximum atomic E-state index is 13.2. The molecule has 8 nitrogen and oxygen atoms in total. The minimum Gasteiger partial charge on any atom is -0.478 e. The number of hydrogen-bond acceptors (Lipinski definition) is 5. The van der Waals surface area contributed by atoms with Gasteiger partial charge < -0.3 is 25.1 Å². The van der Waals surface area contributed by atoms with Crippen molar-refractivity contribution < 1.29 is 23.5 Å². The minimum absolute atomic E-state index is 0.124. The van der Waals surface area contributed by atoms with Crippen molar-refractivity contribution in [3.05, 3.63) is 108 Å². The number of thiocarbonyl (C=S) groups is 1. The molecule has 1 saturated heterocycles. The summed E-state index contributed by atoms with van der Waals surface area (Å²) in [7, 11) is 0. The number of anilines is 1. The molecule has 2 aromatic heterocycles. The average molecular weight is 531 g/mol. The van der Waals surface area contributed by atoms with Crippen molar-refractivity contribution in [3.63, 3.8) is 0 Å². The highest BCUT2D eigenvalue weighted by molar-refractivity contribution is 7.80. The molecule has 3 N–H and O–H groups in total. The first-order valence-corrected chi connectivity index (χ1v) is 12.3. The molecule has 2 aromatic carbocycles. The van der Waals surface area contributed by atoms with Crippen LogP contribution in [0.25, 0.3) is 11.3 Å². The van der Waals surface area contributed by atoms with Crippen molar-refractivity contribution >= 4 is 34.9 Å². The quantitative estimate of drug-likeness (QED) is 0.268. The van der Waals surface area contributed by atoms with E-state index in [0.717, 1.165) is 5.69 Å². The molecule has 1 amide bonds. The van der Waals surface area contributed by atoms with Crippen LogP contribution in [0, 0.1) is 5.82 Å². The van der Waals surface area contributed by atoms with Gasteiger partial charge in [0.05, 0.1) is 17.3 Å². The Kier molecular flexibility index (Phi) is 7.14. The molecule has 3 heterocycles. The fourth-order valence-corrected chi connectivity index (χ4v) is 4.74. The lowest BCUT2D eigenvalue weighted by Gasteiger charge is -2.25. The highest BCUT2D eigenvalue weighted by Gasteiger charge is 2.41. The molecule has 5 rings (SSSR count). The van der Waals surface area contributed by atoms with Gasteiger partial charge in [-0.2, -0.15) is 0 Å². The standard InChI is InChI=1S/C28H23FN4O4S/c29-19-7-9-20(10-8-19)31-24(34)13-15-33-26(25(32-28(33)38)21-6-1-2-14-30-21)23-12-11-22(37-23)17-4-3-5-18(16-17)27(35)36/h1-12,14,16,25-26H,13,15H2,(H,31,34)(H,32,38)(H,35,36)/t25-,26+/m1/s1. The van der Waals surface area contributed by atoms with Crippen LogP contribution in [-0.2, 0) is 4.79 Å². The van der Waals surface area contributed by atoms with Crippen LogP contribution in [0.15, 0.2) is 89.5 Å². The molecular formula is C28H23FN4O4S. The number of benzene rings is 2. The van der Waals surface area contributed by atoms with Crippen LogP contribution in [0.5, 0.6) is 0 Å². The number of nitrogens with one attached hydrogen (secondary N) is 2.